The zero-order valence-electron chi connectivity index (χ0n) is 15.7. The molecule has 3 rings (SSSR count). The summed E-state index contributed by atoms with van der Waals surface area (Å²) in [6, 6.07) is 19.2. The van der Waals surface area contributed by atoms with Crippen molar-refractivity contribution in [3.8, 4) is 0 Å². The van der Waals surface area contributed by atoms with Crippen LogP contribution in [-0.2, 0) is 6.42 Å². The molecular weight excluding hydrogens is 334 g/mol. The molecule has 0 aliphatic carbocycles. The van der Waals surface area contributed by atoms with Crippen LogP contribution in [0.15, 0.2) is 72.2 Å². The summed E-state index contributed by atoms with van der Waals surface area (Å²) < 4.78 is 0. The molecule has 0 unspecified atom stereocenters. The van der Waals surface area contributed by atoms with E-state index in [1.165, 1.54) is 33.0 Å². The van der Waals surface area contributed by atoms with Crippen molar-refractivity contribution < 1.29 is 0 Å². The minimum atomic E-state index is 0.868. The number of aryl methyl sites for hydroxylation is 2. The fourth-order valence-electron chi connectivity index (χ4n) is 3.03. The monoisotopic (exact) mass is 359 g/mol. The number of rotatable bonds is 5. The average molecular weight is 360 g/mol. The number of hydrogen-bond acceptors (Lipinski definition) is 2. The van der Waals surface area contributed by atoms with Gasteiger partial charge in [0.2, 0.25) is 0 Å². The first-order valence-electron chi connectivity index (χ1n) is 8.80. The summed E-state index contributed by atoms with van der Waals surface area (Å²) in [5.74, 6) is 0. The number of nitrogen functional groups attached to an aromatic ring is 1. The number of thioether (sulfide) groups is 1. The Hall–Kier alpha value is -2.45. The molecule has 0 aliphatic heterocycles. The second kappa shape index (κ2) is 7.84. The Morgan fingerprint density at radius 2 is 1.73 bits per heavy atom. The summed E-state index contributed by atoms with van der Waals surface area (Å²) in [5.41, 5.74) is 13.1. The van der Waals surface area contributed by atoms with E-state index in [9.17, 15) is 0 Å². The Kier molecular flexibility index (Phi) is 5.53. The molecule has 0 atom stereocenters. The molecule has 3 aromatic carbocycles. The highest BCUT2D eigenvalue weighted by molar-refractivity contribution is 8.10. The Morgan fingerprint density at radius 3 is 2.50 bits per heavy atom. The largest absolute Gasteiger partial charge is 0.399 e. The summed E-state index contributed by atoms with van der Waals surface area (Å²) >= 11 is 1.70. The molecule has 0 spiro atoms. The predicted molar refractivity (Wildman–Crippen MR) is 118 cm³/mol. The highest BCUT2D eigenvalue weighted by Crippen LogP contribution is 2.30. The van der Waals surface area contributed by atoms with Crippen molar-refractivity contribution in [1.82, 2.24) is 0 Å². The number of hydrogen-bond donors (Lipinski definition) is 1. The minimum absolute atomic E-state index is 0.868. The van der Waals surface area contributed by atoms with Crippen LogP contribution in [0.4, 0.5) is 5.69 Å². The van der Waals surface area contributed by atoms with Gasteiger partial charge < -0.3 is 5.73 Å². The first-order chi connectivity index (χ1) is 12.4. The van der Waals surface area contributed by atoms with Gasteiger partial charge in [-0.2, -0.15) is 0 Å². The quantitative estimate of drug-likeness (QED) is 0.502. The molecule has 1 nitrogen and oxygen atoms in total. The van der Waals surface area contributed by atoms with Crippen LogP contribution in [0, 0.1) is 13.8 Å². The average Bonchev–Trinajstić information content (AvgIpc) is 2.63. The van der Waals surface area contributed by atoms with Gasteiger partial charge in [0.05, 0.1) is 0 Å². The Balaban J connectivity index is 1.71. The molecule has 0 aromatic heterocycles. The smallest absolute Gasteiger partial charge is 0.0346 e. The van der Waals surface area contributed by atoms with Crippen molar-refractivity contribution in [1.29, 1.82) is 0 Å². The molecule has 0 saturated heterocycles. The Bertz CT molecular complexity index is 998. The maximum atomic E-state index is 5.99. The lowest BCUT2D eigenvalue weighted by molar-refractivity contribution is 1.11. The van der Waals surface area contributed by atoms with E-state index in [1.54, 1.807) is 11.8 Å². The molecule has 0 saturated carbocycles. The predicted octanol–water partition coefficient (Wildman–Crippen LogP) is 6.89. The van der Waals surface area contributed by atoms with Crippen molar-refractivity contribution >= 4 is 33.1 Å². The fourth-order valence-corrected chi connectivity index (χ4v) is 3.72. The fraction of sp³-hybridized carbons (Fsp3) is 0.167. The highest BCUT2D eigenvalue weighted by atomic mass is 32.2. The number of fused-ring (bicyclic) bond motifs is 1. The maximum Gasteiger partial charge on any atom is 0.0346 e. The van der Waals surface area contributed by atoms with E-state index in [0.29, 0.717) is 0 Å². The van der Waals surface area contributed by atoms with E-state index >= 15 is 0 Å². The molecule has 26 heavy (non-hydrogen) atoms. The first kappa shape index (κ1) is 18.3. The third kappa shape index (κ3) is 4.20. The Morgan fingerprint density at radius 1 is 1.00 bits per heavy atom. The van der Waals surface area contributed by atoms with Crippen molar-refractivity contribution in [2.75, 3.05) is 5.73 Å². The van der Waals surface area contributed by atoms with Gasteiger partial charge in [0, 0.05) is 10.6 Å². The standard InChI is InChI=1S/C24H25NS/c1-16(11-23-12-18(3)24(25)13-17(23)2)15-26-19(4)21-10-9-20-7-5-6-8-22(20)14-21/h5-10,12-15H,4,11,25H2,1-3H3/b16-15+. The van der Waals surface area contributed by atoms with Crippen molar-refractivity contribution in [2.24, 2.45) is 0 Å². The van der Waals surface area contributed by atoms with E-state index in [1.807, 2.05) is 0 Å². The number of nitrogens with two attached hydrogens (primary N) is 1. The van der Waals surface area contributed by atoms with Crippen molar-refractivity contribution in [2.45, 2.75) is 27.2 Å². The number of anilines is 1. The summed E-state index contributed by atoms with van der Waals surface area (Å²) in [4.78, 5) is 1.07. The van der Waals surface area contributed by atoms with Gasteiger partial charge >= 0.3 is 0 Å². The number of allylic oxidation sites excluding steroid dienone is 1. The Labute approximate surface area is 160 Å². The lowest BCUT2D eigenvalue weighted by atomic mass is 9.99. The van der Waals surface area contributed by atoms with Gasteiger partial charge in [-0.05, 0) is 77.8 Å². The lowest BCUT2D eigenvalue weighted by Gasteiger charge is -2.10. The first-order valence-corrected chi connectivity index (χ1v) is 9.68. The van der Waals surface area contributed by atoms with Crippen LogP contribution in [0.1, 0.15) is 29.2 Å². The van der Waals surface area contributed by atoms with E-state index in [2.05, 4.69) is 87.4 Å². The van der Waals surface area contributed by atoms with Crippen molar-refractivity contribution in [3.05, 3.63) is 94.4 Å². The molecule has 0 bridgehead atoms. The SMILES string of the molecule is C=C(S/C=C(\C)Cc1cc(C)c(N)cc1C)c1ccc2ccccc2c1. The zero-order chi connectivity index (χ0) is 18.7. The molecule has 2 heteroatoms. The summed E-state index contributed by atoms with van der Waals surface area (Å²) in [7, 11) is 0. The summed E-state index contributed by atoms with van der Waals surface area (Å²) in [5, 5.41) is 4.72. The molecule has 2 N–H and O–H groups in total. The molecule has 132 valence electrons. The van der Waals surface area contributed by atoms with Crippen molar-refractivity contribution in [3.63, 3.8) is 0 Å². The van der Waals surface area contributed by atoms with Crippen LogP contribution < -0.4 is 5.73 Å². The van der Waals surface area contributed by atoms with Gasteiger partial charge in [-0.3, -0.25) is 0 Å². The maximum absolute atomic E-state index is 5.99. The van der Waals surface area contributed by atoms with Crippen LogP contribution in [0.2, 0.25) is 0 Å². The lowest BCUT2D eigenvalue weighted by Crippen LogP contribution is -1.96. The molecule has 0 fully saturated rings. The molecule has 0 heterocycles. The zero-order valence-corrected chi connectivity index (χ0v) is 16.5. The van der Waals surface area contributed by atoms with E-state index in [-0.39, 0.29) is 0 Å². The van der Waals surface area contributed by atoms with Gasteiger partial charge in [0.15, 0.2) is 0 Å². The van der Waals surface area contributed by atoms with Crippen LogP contribution in [-0.4, -0.2) is 0 Å². The summed E-state index contributed by atoms with van der Waals surface area (Å²) in [6.45, 7) is 10.6. The van der Waals surface area contributed by atoms with Gasteiger partial charge in [0.1, 0.15) is 0 Å². The van der Waals surface area contributed by atoms with Crippen LogP contribution in [0.25, 0.3) is 15.7 Å². The number of benzene rings is 3. The van der Waals surface area contributed by atoms with Crippen LogP contribution in [0.3, 0.4) is 0 Å². The molecule has 0 aliphatic rings. The summed E-state index contributed by atoms with van der Waals surface area (Å²) in [6.07, 6.45) is 0.935. The van der Waals surface area contributed by atoms with Crippen LogP contribution in [0.5, 0.6) is 0 Å². The van der Waals surface area contributed by atoms with Gasteiger partial charge in [0.25, 0.3) is 0 Å². The van der Waals surface area contributed by atoms with E-state index in [4.69, 9.17) is 5.73 Å². The van der Waals surface area contributed by atoms with Gasteiger partial charge in [-0.1, -0.05) is 66.4 Å². The molecular formula is C24H25NS. The van der Waals surface area contributed by atoms with E-state index < -0.39 is 0 Å². The topological polar surface area (TPSA) is 26.0 Å². The molecule has 0 amide bonds. The van der Waals surface area contributed by atoms with Crippen LogP contribution >= 0.6 is 11.8 Å². The minimum Gasteiger partial charge on any atom is -0.399 e. The van der Waals surface area contributed by atoms with Gasteiger partial charge in [-0.15, -0.1) is 0 Å². The van der Waals surface area contributed by atoms with Gasteiger partial charge in [-0.25, -0.2) is 0 Å². The second-order valence-corrected chi connectivity index (χ2v) is 7.84. The highest BCUT2D eigenvalue weighted by Gasteiger charge is 2.05. The van der Waals surface area contributed by atoms with E-state index in [0.717, 1.165) is 22.6 Å². The third-order valence-corrected chi connectivity index (χ3v) is 5.71. The normalized spacial score (nSPS) is 11.7. The molecule has 0 radical (unpaired) electrons. The second-order valence-electron chi connectivity index (χ2n) is 6.88. The molecule has 3 aromatic rings. The third-order valence-electron chi connectivity index (χ3n) is 4.67.